The number of aryl methyl sites for hydroxylation is 1. The quantitative estimate of drug-likeness (QED) is 0.643. The van der Waals surface area contributed by atoms with E-state index in [0.29, 0.717) is 16.9 Å². The Morgan fingerprint density at radius 2 is 1.62 bits per heavy atom. The van der Waals surface area contributed by atoms with Crippen molar-refractivity contribution in [1.29, 1.82) is 0 Å². The third-order valence-corrected chi connectivity index (χ3v) is 6.38. The van der Waals surface area contributed by atoms with Crippen LogP contribution in [0.4, 0.5) is 11.4 Å². The molecule has 29 heavy (non-hydrogen) atoms. The molecule has 0 radical (unpaired) electrons. The van der Waals surface area contributed by atoms with Crippen molar-refractivity contribution in [2.45, 2.75) is 32.4 Å². The maximum Gasteiger partial charge on any atom is 0.242 e. The maximum atomic E-state index is 12.6. The van der Waals surface area contributed by atoms with Crippen LogP contribution in [0.2, 0.25) is 0 Å². The minimum Gasteiger partial charge on any atom is -0.325 e. The van der Waals surface area contributed by atoms with E-state index in [2.05, 4.69) is 10.6 Å². The Morgan fingerprint density at radius 3 is 2.21 bits per heavy atom. The van der Waals surface area contributed by atoms with Gasteiger partial charge in [-0.2, -0.15) is 0 Å². The van der Waals surface area contributed by atoms with E-state index in [4.69, 9.17) is 0 Å². The van der Waals surface area contributed by atoms with Gasteiger partial charge in [0.1, 0.15) is 11.0 Å². The Hall–Kier alpha value is -3.00. The molecule has 8 heteroatoms. The van der Waals surface area contributed by atoms with E-state index in [0.717, 1.165) is 5.56 Å². The molecular weight excluding hydrogens is 392 g/mol. The summed E-state index contributed by atoms with van der Waals surface area (Å²) in [5.41, 5.74) is 2.21. The molecular formula is C21H24N2O5S. The largest absolute Gasteiger partial charge is 0.325 e. The first-order chi connectivity index (χ1) is 13.6. The van der Waals surface area contributed by atoms with Crippen LogP contribution in [0.1, 0.15) is 36.2 Å². The summed E-state index contributed by atoms with van der Waals surface area (Å²) < 4.78 is 25.3. The van der Waals surface area contributed by atoms with Crippen LogP contribution in [0, 0.1) is 6.92 Å². The van der Waals surface area contributed by atoms with Crippen LogP contribution in [0.15, 0.2) is 48.5 Å². The lowest BCUT2D eigenvalue weighted by Crippen LogP contribution is -2.39. The molecule has 0 saturated heterocycles. The number of anilines is 2. The van der Waals surface area contributed by atoms with E-state index < -0.39 is 32.7 Å². The first-order valence-corrected chi connectivity index (χ1v) is 10.8. The molecule has 2 N–H and O–H groups in total. The second-order valence-corrected chi connectivity index (χ2v) is 8.93. The Kier molecular flexibility index (Phi) is 7.28. The van der Waals surface area contributed by atoms with Crippen molar-refractivity contribution in [3.05, 3.63) is 59.7 Å². The molecule has 0 aromatic heterocycles. The van der Waals surface area contributed by atoms with Gasteiger partial charge in [0.2, 0.25) is 11.8 Å². The summed E-state index contributed by atoms with van der Waals surface area (Å²) in [6, 6.07) is 13.2. The Balaban J connectivity index is 2.08. The predicted octanol–water partition coefficient (Wildman–Crippen LogP) is 2.97. The number of carbonyl (C=O) groups is 3. The standard InChI is InChI=1S/C21H24N2O5S/c1-4-19(21(26)23-18-7-5-6-16(12-18)15(3)24)29(27,28)13-20(25)22-17-10-8-14(2)9-11-17/h5-12,19H,4,13H2,1-3H3,(H,22,25)(H,23,26). The fourth-order valence-electron chi connectivity index (χ4n) is 2.76. The Bertz CT molecular complexity index is 1010. The number of carbonyl (C=O) groups excluding carboxylic acids is 3. The van der Waals surface area contributed by atoms with Gasteiger partial charge in [-0.3, -0.25) is 14.4 Å². The zero-order chi connectivity index (χ0) is 21.6. The number of amides is 2. The number of benzene rings is 2. The molecule has 0 fully saturated rings. The lowest BCUT2D eigenvalue weighted by molar-refractivity contribution is -0.115. The zero-order valence-corrected chi connectivity index (χ0v) is 17.4. The smallest absolute Gasteiger partial charge is 0.242 e. The van der Waals surface area contributed by atoms with Crippen LogP contribution >= 0.6 is 0 Å². The van der Waals surface area contributed by atoms with Gasteiger partial charge in [-0.25, -0.2) is 8.42 Å². The van der Waals surface area contributed by atoms with Crippen molar-refractivity contribution < 1.29 is 22.8 Å². The Labute approximate surface area is 170 Å². The number of sulfone groups is 1. The van der Waals surface area contributed by atoms with Crippen LogP contribution in [0.3, 0.4) is 0 Å². The van der Waals surface area contributed by atoms with Gasteiger partial charge in [0.15, 0.2) is 15.6 Å². The molecule has 0 saturated carbocycles. The van der Waals surface area contributed by atoms with Gasteiger partial charge in [-0.15, -0.1) is 0 Å². The molecule has 0 aliphatic rings. The topological polar surface area (TPSA) is 109 Å². The summed E-state index contributed by atoms with van der Waals surface area (Å²) in [6.07, 6.45) is 0.0123. The van der Waals surface area contributed by atoms with E-state index >= 15 is 0 Å². The minimum absolute atomic E-state index is 0.0123. The summed E-state index contributed by atoms with van der Waals surface area (Å²) in [6.45, 7) is 4.85. The number of hydrogen-bond acceptors (Lipinski definition) is 5. The lowest BCUT2D eigenvalue weighted by Gasteiger charge is -2.16. The van der Waals surface area contributed by atoms with Crippen molar-refractivity contribution in [2.24, 2.45) is 0 Å². The van der Waals surface area contributed by atoms with Crippen molar-refractivity contribution >= 4 is 38.8 Å². The Morgan fingerprint density at radius 1 is 0.966 bits per heavy atom. The third-order valence-electron chi connectivity index (χ3n) is 4.30. The minimum atomic E-state index is -4.04. The molecule has 0 aliphatic heterocycles. The second kappa shape index (κ2) is 9.47. The van der Waals surface area contributed by atoms with Crippen LogP contribution in [0.5, 0.6) is 0 Å². The molecule has 0 bridgehead atoms. The predicted molar refractivity (Wildman–Crippen MR) is 113 cm³/mol. The number of nitrogens with one attached hydrogen (secondary N) is 2. The van der Waals surface area contributed by atoms with Crippen molar-refractivity contribution in [3.8, 4) is 0 Å². The molecule has 1 atom stereocenters. The number of rotatable bonds is 8. The highest BCUT2D eigenvalue weighted by Crippen LogP contribution is 2.16. The SMILES string of the molecule is CCC(C(=O)Nc1cccc(C(C)=O)c1)S(=O)(=O)CC(=O)Nc1ccc(C)cc1. The monoisotopic (exact) mass is 416 g/mol. The highest BCUT2D eigenvalue weighted by atomic mass is 32.2. The van der Waals surface area contributed by atoms with Crippen molar-refractivity contribution in [1.82, 2.24) is 0 Å². The fraction of sp³-hybridized carbons (Fsp3) is 0.286. The molecule has 7 nitrogen and oxygen atoms in total. The molecule has 2 aromatic carbocycles. The van der Waals surface area contributed by atoms with E-state index in [1.807, 2.05) is 6.92 Å². The second-order valence-electron chi connectivity index (χ2n) is 6.74. The van der Waals surface area contributed by atoms with Gasteiger partial charge in [0, 0.05) is 16.9 Å². The molecule has 2 aromatic rings. The van der Waals surface area contributed by atoms with Gasteiger partial charge < -0.3 is 10.6 Å². The summed E-state index contributed by atoms with van der Waals surface area (Å²) in [5.74, 6) is -2.43. The maximum absolute atomic E-state index is 12.6. The number of ketones is 1. The van der Waals surface area contributed by atoms with Gasteiger partial charge in [0.05, 0.1) is 0 Å². The van der Waals surface area contributed by atoms with Gasteiger partial charge in [-0.05, 0) is 44.5 Å². The summed E-state index contributed by atoms with van der Waals surface area (Å²) >= 11 is 0. The molecule has 0 spiro atoms. The molecule has 1 unspecified atom stereocenters. The van der Waals surface area contributed by atoms with Crippen LogP contribution in [-0.4, -0.2) is 37.0 Å². The number of hydrogen-bond donors (Lipinski definition) is 2. The van der Waals surface area contributed by atoms with E-state index in [-0.39, 0.29) is 12.2 Å². The van der Waals surface area contributed by atoms with Crippen LogP contribution < -0.4 is 10.6 Å². The van der Waals surface area contributed by atoms with Crippen LogP contribution in [-0.2, 0) is 19.4 Å². The van der Waals surface area contributed by atoms with E-state index in [9.17, 15) is 22.8 Å². The molecule has 2 rings (SSSR count). The normalized spacial score (nSPS) is 12.1. The molecule has 154 valence electrons. The average Bonchev–Trinajstić information content (AvgIpc) is 2.63. The van der Waals surface area contributed by atoms with Crippen molar-refractivity contribution in [2.75, 3.05) is 16.4 Å². The van der Waals surface area contributed by atoms with E-state index in [1.165, 1.54) is 13.0 Å². The average molecular weight is 416 g/mol. The van der Waals surface area contributed by atoms with Gasteiger partial charge >= 0.3 is 0 Å². The number of Topliss-reactive ketones (excluding diaryl/α,β-unsaturated/α-hetero) is 1. The first-order valence-electron chi connectivity index (χ1n) is 9.12. The molecule has 2 amide bonds. The highest BCUT2D eigenvalue weighted by molar-refractivity contribution is 7.93. The summed E-state index contributed by atoms with van der Waals surface area (Å²) in [5, 5.41) is 3.66. The van der Waals surface area contributed by atoms with Crippen LogP contribution in [0.25, 0.3) is 0 Å². The van der Waals surface area contributed by atoms with Crippen molar-refractivity contribution in [3.63, 3.8) is 0 Å². The molecule has 0 aliphatic carbocycles. The third kappa shape index (κ3) is 6.25. The highest BCUT2D eigenvalue weighted by Gasteiger charge is 2.33. The van der Waals surface area contributed by atoms with E-state index in [1.54, 1.807) is 49.4 Å². The molecule has 0 heterocycles. The first kappa shape index (κ1) is 22.3. The van der Waals surface area contributed by atoms with Gasteiger partial charge in [0.25, 0.3) is 0 Å². The fourth-order valence-corrected chi connectivity index (χ4v) is 4.29. The van der Waals surface area contributed by atoms with Gasteiger partial charge in [-0.1, -0.05) is 36.8 Å². The lowest BCUT2D eigenvalue weighted by atomic mass is 10.1. The zero-order valence-electron chi connectivity index (χ0n) is 16.6. The summed E-state index contributed by atoms with van der Waals surface area (Å²) in [7, 11) is -4.04. The summed E-state index contributed by atoms with van der Waals surface area (Å²) in [4.78, 5) is 36.2.